The number of rotatable bonds is 2. The average Bonchev–Trinajstić information content (AvgIpc) is 2.54. The van der Waals surface area contributed by atoms with Gasteiger partial charge in [0.1, 0.15) is 0 Å². The highest BCUT2D eigenvalue weighted by Gasteiger charge is 2.07. The van der Waals surface area contributed by atoms with Crippen molar-refractivity contribution in [3.8, 4) is 0 Å². The molecule has 0 aliphatic heterocycles. The summed E-state index contributed by atoms with van der Waals surface area (Å²) in [5.74, 6) is 0. The van der Waals surface area contributed by atoms with E-state index in [9.17, 15) is 0 Å². The first-order chi connectivity index (χ1) is 6.74. The molecule has 0 N–H and O–H groups in total. The zero-order valence-electron chi connectivity index (χ0n) is 8.75. The average molecular weight is 199 g/mol. The van der Waals surface area contributed by atoms with Crippen LogP contribution < -0.4 is 5.19 Å². The fraction of sp³-hybridized carbons (Fsp3) is 0.154. The summed E-state index contributed by atoms with van der Waals surface area (Å²) in [4.78, 5) is 0. The van der Waals surface area contributed by atoms with E-state index in [4.69, 9.17) is 0 Å². The molecule has 1 aliphatic carbocycles. The van der Waals surface area contributed by atoms with Crippen LogP contribution in [0.1, 0.15) is 11.1 Å². The largest absolute Gasteiger partial charge is 0.0767 e. The highest BCUT2D eigenvalue weighted by atomic mass is 28.2. The second-order valence-electron chi connectivity index (χ2n) is 3.97. The lowest BCUT2D eigenvalue weighted by atomic mass is 10.2. The normalized spacial score (nSPS) is 16.1. The summed E-state index contributed by atoms with van der Waals surface area (Å²) in [6.45, 7) is 4.35. The Labute approximate surface area is 88.2 Å². The van der Waals surface area contributed by atoms with Crippen molar-refractivity contribution in [2.75, 3.05) is 0 Å². The summed E-state index contributed by atoms with van der Waals surface area (Å²) >= 11 is 0. The molecular formula is C13H15Si. The highest BCUT2D eigenvalue weighted by Crippen LogP contribution is 2.10. The molecule has 0 heterocycles. The molecule has 1 heteroatoms. The van der Waals surface area contributed by atoms with Crippen LogP contribution in [0, 0.1) is 19.4 Å². The molecule has 0 spiro atoms. The molecule has 1 aliphatic rings. The number of benzene rings is 1. The summed E-state index contributed by atoms with van der Waals surface area (Å²) in [5, 5.41) is 1.55. The van der Waals surface area contributed by atoms with Crippen LogP contribution in [0.5, 0.6) is 0 Å². The van der Waals surface area contributed by atoms with Crippen molar-refractivity contribution < 1.29 is 0 Å². The Kier molecular flexibility index (Phi) is 2.68. The Bertz CT molecular complexity index is 356. The van der Waals surface area contributed by atoms with Gasteiger partial charge in [-0.15, -0.1) is 0 Å². The third kappa shape index (κ3) is 2.24. The van der Waals surface area contributed by atoms with Gasteiger partial charge >= 0.3 is 0 Å². The molecule has 0 unspecified atom stereocenters. The smallest absolute Gasteiger partial charge is 0.0713 e. The molecule has 0 saturated carbocycles. The van der Waals surface area contributed by atoms with Crippen LogP contribution in [0.3, 0.4) is 0 Å². The number of aryl methyl sites for hydroxylation is 2. The first-order valence-electron chi connectivity index (χ1n) is 5.02. The summed E-state index contributed by atoms with van der Waals surface area (Å²) in [6, 6.07) is 6.89. The minimum atomic E-state index is -0.235. The summed E-state index contributed by atoms with van der Waals surface area (Å²) < 4.78 is 0. The van der Waals surface area contributed by atoms with Gasteiger partial charge in [0.05, 0.1) is 9.52 Å². The van der Waals surface area contributed by atoms with Crippen LogP contribution in [0.2, 0.25) is 0 Å². The zero-order chi connectivity index (χ0) is 9.97. The second-order valence-corrected chi connectivity index (χ2v) is 5.95. The van der Waals surface area contributed by atoms with E-state index in [-0.39, 0.29) is 9.52 Å². The lowest BCUT2D eigenvalue weighted by Crippen LogP contribution is -2.19. The zero-order valence-corrected chi connectivity index (χ0v) is 10.2. The van der Waals surface area contributed by atoms with E-state index in [1.54, 1.807) is 5.19 Å². The van der Waals surface area contributed by atoms with Crippen LogP contribution in [0.15, 0.2) is 42.5 Å². The molecule has 14 heavy (non-hydrogen) atoms. The quantitative estimate of drug-likeness (QED) is 0.637. The van der Waals surface area contributed by atoms with Gasteiger partial charge < -0.3 is 0 Å². The van der Waals surface area contributed by atoms with Crippen molar-refractivity contribution in [3.63, 3.8) is 0 Å². The Morgan fingerprint density at radius 3 is 2.00 bits per heavy atom. The van der Waals surface area contributed by atoms with Gasteiger partial charge in [0.2, 0.25) is 0 Å². The number of hydrogen-bond donors (Lipinski definition) is 0. The minimum Gasteiger partial charge on any atom is -0.0767 e. The molecule has 0 amide bonds. The third-order valence-corrected chi connectivity index (χ3v) is 4.12. The topological polar surface area (TPSA) is 0 Å². The van der Waals surface area contributed by atoms with E-state index >= 15 is 0 Å². The molecule has 0 bridgehead atoms. The Morgan fingerprint density at radius 1 is 0.857 bits per heavy atom. The second kappa shape index (κ2) is 3.97. The van der Waals surface area contributed by atoms with Gasteiger partial charge in [-0.1, -0.05) is 58.8 Å². The van der Waals surface area contributed by atoms with E-state index < -0.39 is 0 Å². The van der Waals surface area contributed by atoms with Gasteiger partial charge in [-0.2, -0.15) is 0 Å². The first-order valence-corrected chi connectivity index (χ1v) is 6.43. The monoisotopic (exact) mass is 199 g/mol. The standard InChI is InChI=1S/C13H15Si/c1-10-7-11(2)9-13(8-10)14-12-5-3-4-6-12/h3-9H,14H2,1-2H3. The van der Waals surface area contributed by atoms with Crippen molar-refractivity contribution in [1.82, 2.24) is 0 Å². The van der Waals surface area contributed by atoms with E-state index in [1.165, 1.54) is 16.7 Å². The molecule has 0 aromatic heterocycles. The van der Waals surface area contributed by atoms with Gasteiger partial charge in [-0.25, -0.2) is 0 Å². The summed E-state index contributed by atoms with van der Waals surface area (Å²) in [5.41, 5.74) is 4.31. The van der Waals surface area contributed by atoms with E-state index in [2.05, 4.69) is 56.4 Å². The number of hydrogen-bond acceptors (Lipinski definition) is 0. The van der Waals surface area contributed by atoms with Crippen LogP contribution in [-0.2, 0) is 0 Å². The fourth-order valence-corrected chi connectivity index (χ4v) is 3.77. The Balaban J connectivity index is 2.16. The van der Waals surface area contributed by atoms with Crippen LogP contribution in [-0.4, -0.2) is 9.52 Å². The van der Waals surface area contributed by atoms with E-state index in [1.807, 2.05) is 0 Å². The molecule has 1 aromatic carbocycles. The minimum absolute atomic E-state index is 0.235. The van der Waals surface area contributed by atoms with Crippen LogP contribution in [0.4, 0.5) is 0 Å². The molecule has 2 rings (SSSR count). The van der Waals surface area contributed by atoms with Gasteiger partial charge in [0.15, 0.2) is 0 Å². The predicted octanol–water partition coefficient (Wildman–Crippen LogP) is 1.76. The van der Waals surface area contributed by atoms with Crippen molar-refractivity contribution in [2.45, 2.75) is 13.8 Å². The fourth-order valence-electron chi connectivity index (χ4n) is 1.94. The molecule has 0 atom stereocenters. The lowest BCUT2D eigenvalue weighted by molar-refractivity contribution is 1.40. The maximum absolute atomic E-state index is 2.33. The van der Waals surface area contributed by atoms with E-state index in [0.717, 1.165) is 0 Å². The van der Waals surface area contributed by atoms with Crippen molar-refractivity contribution in [3.05, 3.63) is 59.2 Å². The van der Waals surface area contributed by atoms with Crippen molar-refractivity contribution in [1.29, 1.82) is 0 Å². The Hall–Kier alpha value is -1.08. The maximum atomic E-state index is 2.33. The van der Waals surface area contributed by atoms with Gasteiger partial charge in [-0.05, 0) is 13.8 Å². The highest BCUT2D eigenvalue weighted by molar-refractivity contribution is 6.61. The SMILES string of the molecule is Cc1cc(C)cc([SiH2][C]2C=CC=C2)c1. The maximum Gasteiger partial charge on any atom is 0.0713 e. The van der Waals surface area contributed by atoms with Gasteiger partial charge in [0.25, 0.3) is 0 Å². The molecule has 1 radical (unpaired) electrons. The van der Waals surface area contributed by atoms with Crippen LogP contribution >= 0.6 is 0 Å². The Morgan fingerprint density at radius 2 is 1.43 bits per heavy atom. The van der Waals surface area contributed by atoms with Crippen molar-refractivity contribution in [2.24, 2.45) is 0 Å². The summed E-state index contributed by atoms with van der Waals surface area (Å²) in [7, 11) is -0.235. The van der Waals surface area contributed by atoms with E-state index in [0.29, 0.717) is 0 Å². The molecule has 0 nitrogen and oxygen atoms in total. The molecule has 0 saturated heterocycles. The molecular weight excluding hydrogens is 184 g/mol. The number of allylic oxidation sites excluding steroid dienone is 4. The van der Waals surface area contributed by atoms with Crippen molar-refractivity contribution >= 4 is 14.7 Å². The molecule has 71 valence electrons. The summed E-state index contributed by atoms with van der Waals surface area (Å²) in [6.07, 6.45) is 8.74. The van der Waals surface area contributed by atoms with Gasteiger partial charge in [0, 0.05) is 5.54 Å². The lowest BCUT2D eigenvalue weighted by Gasteiger charge is -2.06. The first kappa shape index (κ1) is 9.47. The molecule has 0 fully saturated rings. The van der Waals surface area contributed by atoms with Crippen LogP contribution in [0.25, 0.3) is 0 Å². The third-order valence-electron chi connectivity index (χ3n) is 2.42. The molecule has 1 aromatic rings. The van der Waals surface area contributed by atoms with Gasteiger partial charge in [-0.3, -0.25) is 0 Å². The predicted molar refractivity (Wildman–Crippen MR) is 65.6 cm³/mol.